The summed E-state index contributed by atoms with van der Waals surface area (Å²) in [4.78, 5) is 25.6. The summed E-state index contributed by atoms with van der Waals surface area (Å²) in [6.07, 6.45) is 0.956. The molecule has 2 amide bonds. The van der Waals surface area contributed by atoms with Gasteiger partial charge in [-0.1, -0.05) is 19.1 Å². The molecule has 0 spiro atoms. The number of thiophene rings is 1. The number of aromatic nitrogens is 2. The first-order valence-corrected chi connectivity index (χ1v) is 9.45. The van der Waals surface area contributed by atoms with Crippen molar-refractivity contribution in [2.24, 2.45) is 0 Å². The predicted molar refractivity (Wildman–Crippen MR) is 103 cm³/mol. The van der Waals surface area contributed by atoms with Crippen molar-refractivity contribution in [3.8, 4) is 0 Å². The van der Waals surface area contributed by atoms with Crippen LogP contribution in [-0.4, -0.2) is 22.0 Å². The Balaban J connectivity index is 1.62. The molecule has 0 radical (unpaired) electrons. The van der Waals surface area contributed by atoms with Gasteiger partial charge in [0.2, 0.25) is 17.7 Å². The van der Waals surface area contributed by atoms with Gasteiger partial charge in [-0.05, 0) is 36.1 Å². The molecule has 7 nitrogen and oxygen atoms in total. The maximum atomic E-state index is 12.4. The van der Waals surface area contributed by atoms with E-state index in [2.05, 4.69) is 20.8 Å². The topological polar surface area (TPSA) is 97.1 Å². The van der Waals surface area contributed by atoms with Crippen LogP contribution < -0.4 is 10.6 Å². The van der Waals surface area contributed by atoms with Gasteiger partial charge in [0.05, 0.1) is 13.0 Å². The van der Waals surface area contributed by atoms with E-state index in [4.69, 9.17) is 4.42 Å². The van der Waals surface area contributed by atoms with Gasteiger partial charge in [-0.2, -0.15) is 0 Å². The minimum atomic E-state index is -0.278. The Hall–Kier alpha value is -3.00. The van der Waals surface area contributed by atoms with E-state index in [9.17, 15) is 9.59 Å². The third kappa shape index (κ3) is 5.01. The maximum absolute atomic E-state index is 12.4. The number of hydrogen-bond acceptors (Lipinski definition) is 6. The third-order valence-electron chi connectivity index (χ3n) is 3.90. The van der Waals surface area contributed by atoms with Crippen LogP contribution in [0.25, 0.3) is 0 Å². The fraction of sp³-hybridized carbons (Fsp3) is 0.263. The van der Waals surface area contributed by atoms with E-state index in [1.807, 2.05) is 31.4 Å². The van der Waals surface area contributed by atoms with Gasteiger partial charge in [0, 0.05) is 22.5 Å². The fourth-order valence-electron chi connectivity index (χ4n) is 2.42. The monoisotopic (exact) mass is 384 g/mol. The van der Waals surface area contributed by atoms with Gasteiger partial charge in [0.1, 0.15) is 0 Å². The summed E-state index contributed by atoms with van der Waals surface area (Å²) in [6, 6.07) is 9.02. The Morgan fingerprint density at radius 3 is 2.70 bits per heavy atom. The highest BCUT2D eigenvalue weighted by Gasteiger charge is 2.12. The van der Waals surface area contributed by atoms with Crippen LogP contribution in [0.5, 0.6) is 0 Å². The second kappa shape index (κ2) is 8.59. The Kier molecular flexibility index (Phi) is 5.97. The van der Waals surface area contributed by atoms with Gasteiger partial charge < -0.3 is 15.1 Å². The number of carbonyl (C=O) groups is 2. The summed E-state index contributed by atoms with van der Waals surface area (Å²) in [5.74, 6) is 0.498. The van der Waals surface area contributed by atoms with Crippen LogP contribution in [0.3, 0.4) is 0 Å². The zero-order valence-corrected chi connectivity index (χ0v) is 15.9. The Morgan fingerprint density at radius 1 is 1.19 bits per heavy atom. The van der Waals surface area contributed by atoms with Crippen molar-refractivity contribution >= 4 is 28.8 Å². The number of benzene rings is 1. The molecule has 0 fully saturated rings. The molecule has 0 aliphatic heterocycles. The molecule has 0 bridgehead atoms. The van der Waals surface area contributed by atoms with Crippen LogP contribution in [0, 0.1) is 6.92 Å². The molecule has 2 N–H and O–H groups in total. The Morgan fingerprint density at radius 2 is 2.00 bits per heavy atom. The molecule has 0 aliphatic rings. The van der Waals surface area contributed by atoms with Crippen molar-refractivity contribution in [2.75, 3.05) is 5.32 Å². The van der Waals surface area contributed by atoms with Gasteiger partial charge >= 0.3 is 0 Å². The van der Waals surface area contributed by atoms with E-state index in [0.29, 0.717) is 35.9 Å². The van der Waals surface area contributed by atoms with Crippen molar-refractivity contribution in [3.05, 3.63) is 63.5 Å². The summed E-state index contributed by atoms with van der Waals surface area (Å²) < 4.78 is 5.37. The van der Waals surface area contributed by atoms with Crippen LogP contribution in [0.4, 0.5) is 5.69 Å². The minimum absolute atomic E-state index is 0.115. The Labute approximate surface area is 160 Å². The molecule has 2 heterocycles. The highest BCUT2D eigenvalue weighted by atomic mass is 32.1. The molecule has 0 saturated carbocycles. The molecule has 8 heteroatoms. The average molecular weight is 384 g/mol. The summed E-state index contributed by atoms with van der Waals surface area (Å²) >= 11 is 1.54. The van der Waals surface area contributed by atoms with Crippen molar-refractivity contribution in [2.45, 2.75) is 33.2 Å². The van der Waals surface area contributed by atoms with Gasteiger partial charge in [0.25, 0.3) is 5.91 Å². The van der Waals surface area contributed by atoms with Crippen LogP contribution in [0.1, 0.15) is 39.5 Å². The molecule has 0 atom stereocenters. The third-order valence-corrected chi connectivity index (χ3v) is 4.78. The van der Waals surface area contributed by atoms with Gasteiger partial charge in [-0.15, -0.1) is 21.5 Å². The van der Waals surface area contributed by atoms with Crippen LogP contribution in [-0.2, 0) is 24.2 Å². The van der Waals surface area contributed by atoms with Crippen LogP contribution in [0.2, 0.25) is 0 Å². The first-order valence-electron chi connectivity index (χ1n) is 8.57. The van der Waals surface area contributed by atoms with Crippen molar-refractivity contribution in [1.29, 1.82) is 0 Å². The standard InChI is InChI=1S/C19H20N4O3S/c1-3-17-22-23-18(26-17)11-20-19(25)13-7-6-12(2)15(9-13)21-16(24)10-14-5-4-8-27-14/h4-9H,3,10-11H2,1-2H3,(H,20,25)(H,21,24). The molecule has 140 valence electrons. The number of carbonyl (C=O) groups excluding carboxylic acids is 2. The lowest BCUT2D eigenvalue weighted by molar-refractivity contribution is -0.115. The quantitative estimate of drug-likeness (QED) is 0.652. The van der Waals surface area contributed by atoms with Crippen molar-refractivity contribution in [1.82, 2.24) is 15.5 Å². The number of aryl methyl sites for hydroxylation is 2. The SMILES string of the molecule is CCc1nnc(CNC(=O)c2ccc(C)c(NC(=O)Cc3cccs3)c2)o1. The molecular weight excluding hydrogens is 364 g/mol. The molecule has 1 aromatic carbocycles. The Bertz CT molecular complexity index is 934. The van der Waals surface area contributed by atoms with Crippen LogP contribution in [0.15, 0.2) is 40.1 Å². The molecule has 3 aromatic rings. The zero-order valence-electron chi connectivity index (χ0n) is 15.1. The van der Waals surface area contributed by atoms with Crippen molar-refractivity contribution < 1.29 is 14.0 Å². The number of nitrogens with zero attached hydrogens (tertiary/aromatic N) is 2. The summed E-state index contributed by atoms with van der Waals surface area (Å²) in [6.45, 7) is 3.95. The number of anilines is 1. The molecule has 0 saturated heterocycles. The minimum Gasteiger partial charge on any atom is -0.423 e. The van der Waals surface area contributed by atoms with Crippen molar-refractivity contribution in [3.63, 3.8) is 0 Å². The van der Waals surface area contributed by atoms with Gasteiger partial charge in [-0.3, -0.25) is 9.59 Å². The lowest BCUT2D eigenvalue weighted by Crippen LogP contribution is -2.23. The zero-order chi connectivity index (χ0) is 19.2. The molecule has 3 rings (SSSR count). The first-order chi connectivity index (χ1) is 13.0. The largest absolute Gasteiger partial charge is 0.423 e. The van der Waals surface area contributed by atoms with Crippen LogP contribution >= 0.6 is 11.3 Å². The molecule has 27 heavy (non-hydrogen) atoms. The van der Waals surface area contributed by atoms with Gasteiger partial charge in [-0.25, -0.2) is 0 Å². The molecule has 2 aromatic heterocycles. The maximum Gasteiger partial charge on any atom is 0.251 e. The summed E-state index contributed by atoms with van der Waals surface area (Å²) in [5, 5.41) is 15.3. The first kappa shape index (κ1) is 18.8. The molecule has 0 aliphatic carbocycles. The second-order valence-corrected chi connectivity index (χ2v) is 6.99. The molecular formula is C19H20N4O3S. The lowest BCUT2D eigenvalue weighted by atomic mass is 10.1. The number of amides is 2. The highest BCUT2D eigenvalue weighted by Crippen LogP contribution is 2.18. The highest BCUT2D eigenvalue weighted by molar-refractivity contribution is 7.10. The smallest absolute Gasteiger partial charge is 0.251 e. The number of rotatable bonds is 7. The van der Waals surface area contributed by atoms with E-state index in [-0.39, 0.29) is 18.4 Å². The summed E-state index contributed by atoms with van der Waals surface area (Å²) in [7, 11) is 0. The summed E-state index contributed by atoms with van der Waals surface area (Å²) in [5.41, 5.74) is 1.95. The molecule has 0 unspecified atom stereocenters. The average Bonchev–Trinajstić information content (AvgIpc) is 3.33. The number of hydrogen-bond donors (Lipinski definition) is 2. The van der Waals surface area contributed by atoms with E-state index >= 15 is 0 Å². The number of nitrogens with one attached hydrogen (secondary N) is 2. The predicted octanol–water partition coefficient (Wildman–Crippen LogP) is 3.11. The fourth-order valence-corrected chi connectivity index (χ4v) is 3.13. The van der Waals surface area contributed by atoms with Gasteiger partial charge in [0.15, 0.2) is 0 Å². The van der Waals surface area contributed by atoms with E-state index in [1.54, 1.807) is 18.2 Å². The normalized spacial score (nSPS) is 10.6. The van der Waals surface area contributed by atoms with E-state index < -0.39 is 0 Å². The van der Waals surface area contributed by atoms with E-state index in [0.717, 1.165) is 10.4 Å². The van der Waals surface area contributed by atoms with E-state index in [1.165, 1.54) is 11.3 Å². The second-order valence-electron chi connectivity index (χ2n) is 5.96. The lowest BCUT2D eigenvalue weighted by Gasteiger charge is -2.10.